The second kappa shape index (κ2) is 3.56. The highest BCUT2D eigenvalue weighted by atomic mass is 14.0. The Labute approximate surface area is 69.3 Å². The van der Waals surface area contributed by atoms with Gasteiger partial charge in [-0.25, -0.2) is 0 Å². The molecule has 1 aromatic rings. The fourth-order valence-corrected chi connectivity index (χ4v) is 1.25. The molecular formula is C11H15. The molecule has 0 N–H and O–H groups in total. The van der Waals surface area contributed by atoms with Gasteiger partial charge in [-0.15, -0.1) is 0 Å². The Morgan fingerprint density at radius 3 is 2.73 bits per heavy atom. The zero-order chi connectivity index (χ0) is 8.27. The third kappa shape index (κ3) is 1.83. The molecule has 1 rings (SSSR count). The van der Waals surface area contributed by atoms with Crippen LogP contribution in [0.25, 0.3) is 0 Å². The summed E-state index contributed by atoms with van der Waals surface area (Å²) in [6.07, 6.45) is 2.37. The van der Waals surface area contributed by atoms with E-state index in [1.165, 1.54) is 23.1 Å². The molecule has 0 aliphatic carbocycles. The maximum atomic E-state index is 3.28. The third-order valence-electron chi connectivity index (χ3n) is 2.14. The van der Waals surface area contributed by atoms with Crippen molar-refractivity contribution in [2.75, 3.05) is 0 Å². The number of rotatable bonds is 2. The first-order chi connectivity index (χ1) is 5.25. The molecule has 1 aromatic carbocycles. The quantitative estimate of drug-likeness (QED) is 0.603. The lowest BCUT2D eigenvalue weighted by Crippen LogP contribution is -1.90. The van der Waals surface area contributed by atoms with Crippen molar-refractivity contribution in [3.63, 3.8) is 0 Å². The highest BCUT2D eigenvalue weighted by molar-refractivity contribution is 5.32. The van der Waals surface area contributed by atoms with Gasteiger partial charge < -0.3 is 0 Å². The molecule has 11 heavy (non-hydrogen) atoms. The van der Waals surface area contributed by atoms with E-state index in [-0.39, 0.29) is 0 Å². The molecular weight excluding hydrogens is 132 g/mol. The van der Waals surface area contributed by atoms with E-state index >= 15 is 0 Å². The minimum atomic E-state index is 1.16. The zero-order valence-corrected chi connectivity index (χ0v) is 7.57. The Morgan fingerprint density at radius 1 is 1.36 bits per heavy atom. The van der Waals surface area contributed by atoms with Gasteiger partial charge in [0.1, 0.15) is 0 Å². The van der Waals surface area contributed by atoms with Gasteiger partial charge in [-0.2, -0.15) is 0 Å². The van der Waals surface area contributed by atoms with Crippen LogP contribution >= 0.6 is 0 Å². The molecule has 0 aliphatic heterocycles. The number of benzene rings is 1. The molecule has 0 nitrogen and oxygen atoms in total. The largest absolute Gasteiger partial charge is 0.0651 e. The van der Waals surface area contributed by atoms with Crippen molar-refractivity contribution >= 4 is 0 Å². The van der Waals surface area contributed by atoms with Crippen LogP contribution in [0.4, 0.5) is 0 Å². The molecule has 0 aromatic heterocycles. The van der Waals surface area contributed by atoms with Gasteiger partial charge in [0.25, 0.3) is 0 Å². The molecule has 0 amide bonds. The van der Waals surface area contributed by atoms with Crippen LogP contribution < -0.4 is 0 Å². The first-order valence-corrected chi connectivity index (χ1v) is 4.22. The minimum absolute atomic E-state index is 1.16. The van der Waals surface area contributed by atoms with Gasteiger partial charge in [-0.3, -0.25) is 0 Å². The van der Waals surface area contributed by atoms with Gasteiger partial charge >= 0.3 is 0 Å². The van der Waals surface area contributed by atoms with E-state index in [1.54, 1.807) is 0 Å². The molecule has 0 atom stereocenters. The monoisotopic (exact) mass is 147 g/mol. The Morgan fingerprint density at radius 2 is 2.09 bits per heavy atom. The molecule has 0 aliphatic rings. The van der Waals surface area contributed by atoms with E-state index in [9.17, 15) is 0 Å². The summed E-state index contributed by atoms with van der Waals surface area (Å²) >= 11 is 0. The van der Waals surface area contributed by atoms with Crippen molar-refractivity contribution in [1.82, 2.24) is 0 Å². The topological polar surface area (TPSA) is 0 Å². The second-order valence-electron chi connectivity index (χ2n) is 3.01. The molecule has 1 radical (unpaired) electrons. The fraction of sp³-hybridized carbons (Fsp3) is 0.455. The van der Waals surface area contributed by atoms with E-state index < -0.39 is 0 Å². The van der Waals surface area contributed by atoms with E-state index in [0.29, 0.717) is 0 Å². The SMILES string of the molecule is CCCc1[c]ccc(C)c1C. The Hall–Kier alpha value is -0.780. The summed E-state index contributed by atoms with van der Waals surface area (Å²) in [6, 6.07) is 7.42. The molecule has 0 saturated carbocycles. The van der Waals surface area contributed by atoms with E-state index in [4.69, 9.17) is 0 Å². The Balaban J connectivity index is 2.96. The Kier molecular flexibility index (Phi) is 2.70. The van der Waals surface area contributed by atoms with Crippen molar-refractivity contribution in [3.05, 3.63) is 34.9 Å². The lowest BCUT2D eigenvalue weighted by atomic mass is 10.0. The molecule has 0 fully saturated rings. The molecule has 0 heteroatoms. The molecule has 59 valence electrons. The molecule has 0 spiro atoms. The maximum Gasteiger partial charge on any atom is -0.0146 e. The average molecular weight is 147 g/mol. The van der Waals surface area contributed by atoms with Gasteiger partial charge in [0, 0.05) is 0 Å². The fourth-order valence-electron chi connectivity index (χ4n) is 1.25. The van der Waals surface area contributed by atoms with E-state index in [2.05, 4.69) is 32.9 Å². The van der Waals surface area contributed by atoms with Crippen LogP contribution in [0.2, 0.25) is 0 Å². The molecule has 0 heterocycles. The maximum absolute atomic E-state index is 3.28. The van der Waals surface area contributed by atoms with Crippen LogP contribution in [-0.2, 0) is 6.42 Å². The van der Waals surface area contributed by atoms with E-state index in [0.717, 1.165) is 6.42 Å². The second-order valence-corrected chi connectivity index (χ2v) is 3.01. The predicted octanol–water partition coefficient (Wildman–Crippen LogP) is 3.06. The summed E-state index contributed by atoms with van der Waals surface area (Å²) in [6.45, 7) is 6.54. The highest BCUT2D eigenvalue weighted by Gasteiger charge is 1.98. The summed E-state index contributed by atoms with van der Waals surface area (Å²) in [5.41, 5.74) is 4.18. The summed E-state index contributed by atoms with van der Waals surface area (Å²) in [5, 5.41) is 0. The summed E-state index contributed by atoms with van der Waals surface area (Å²) in [7, 11) is 0. The Bertz CT molecular complexity index is 236. The summed E-state index contributed by atoms with van der Waals surface area (Å²) in [5.74, 6) is 0. The van der Waals surface area contributed by atoms with Gasteiger partial charge in [0.2, 0.25) is 0 Å². The van der Waals surface area contributed by atoms with Crippen LogP contribution in [0.3, 0.4) is 0 Å². The van der Waals surface area contributed by atoms with Crippen molar-refractivity contribution in [1.29, 1.82) is 0 Å². The van der Waals surface area contributed by atoms with Crippen molar-refractivity contribution in [2.24, 2.45) is 0 Å². The summed E-state index contributed by atoms with van der Waals surface area (Å²) < 4.78 is 0. The van der Waals surface area contributed by atoms with Crippen LogP contribution in [0.5, 0.6) is 0 Å². The van der Waals surface area contributed by atoms with Gasteiger partial charge in [-0.1, -0.05) is 25.5 Å². The van der Waals surface area contributed by atoms with Gasteiger partial charge in [-0.05, 0) is 43.0 Å². The van der Waals surface area contributed by atoms with Crippen LogP contribution in [0.15, 0.2) is 12.1 Å². The van der Waals surface area contributed by atoms with Gasteiger partial charge in [0.05, 0.1) is 0 Å². The lowest BCUT2D eigenvalue weighted by molar-refractivity contribution is 0.908. The minimum Gasteiger partial charge on any atom is -0.0651 e. The number of hydrogen-bond donors (Lipinski definition) is 0. The number of hydrogen-bond acceptors (Lipinski definition) is 0. The third-order valence-corrected chi connectivity index (χ3v) is 2.14. The van der Waals surface area contributed by atoms with E-state index in [1.807, 2.05) is 6.07 Å². The van der Waals surface area contributed by atoms with Gasteiger partial charge in [0.15, 0.2) is 0 Å². The first-order valence-electron chi connectivity index (χ1n) is 4.22. The lowest BCUT2D eigenvalue weighted by Gasteiger charge is -2.05. The zero-order valence-electron chi connectivity index (χ0n) is 7.57. The van der Waals surface area contributed by atoms with Crippen LogP contribution in [0, 0.1) is 19.9 Å². The van der Waals surface area contributed by atoms with Crippen molar-refractivity contribution < 1.29 is 0 Å². The molecule has 0 saturated heterocycles. The van der Waals surface area contributed by atoms with Crippen LogP contribution in [-0.4, -0.2) is 0 Å². The smallest absolute Gasteiger partial charge is 0.0146 e. The normalized spacial score (nSPS) is 10.1. The highest BCUT2D eigenvalue weighted by Crippen LogP contribution is 2.13. The molecule has 0 bridgehead atoms. The van der Waals surface area contributed by atoms with Crippen molar-refractivity contribution in [3.8, 4) is 0 Å². The van der Waals surface area contributed by atoms with Crippen molar-refractivity contribution in [2.45, 2.75) is 33.6 Å². The molecule has 0 unspecified atom stereocenters. The van der Waals surface area contributed by atoms with Crippen LogP contribution in [0.1, 0.15) is 30.0 Å². The average Bonchev–Trinajstić information content (AvgIpc) is 1.99. The number of aryl methyl sites for hydroxylation is 2. The predicted molar refractivity (Wildman–Crippen MR) is 48.7 cm³/mol. The standard InChI is InChI=1S/C11H15/c1-4-6-11-8-5-7-9(2)10(11)3/h5,7H,4,6H2,1-3H3. The summed E-state index contributed by atoms with van der Waals surface area (Å²) in [4.78, 5) is 0. The first kappa shape index (κ1) is 8.32.